The van der Waals surface area contributed by atoms with Gasteiger partial charge in [-0.15, -0.1) is 9.24 Å². The molecule has 0 rings (SSSR count). The summed E-state index contributed by atoms with van der Waals surface area (Å²) >= 11 is 0. The number of carbonyl (C=O) groups is 1. The van der Waals surface area contributed by atoms with Crippen molar-refractivity contribution in [2.75, 3.05) is 12.7 Å². The van der Waals surface area contributed by atoms with Crippen molar-refractivity contribution in [3.8, 4) is 0 Å². The fourth-order valence-corrected chi connectivity index (χ4v) is 0.849. The van der Waals surface area contributed by atoms with Crippen LogP contribution in [-0.2, 0) is 4.79 Å². The second kappa shape index (κ2) is 7.01. The monoisotopic (exact) mass is 161 g/mol. The minimum Gasteiger partial charge on any atom is -0.356 e. The van der Waals surface area contributed by atoms with Crippen molar-refractivity contribution < 1.29 is 4.79 Å². The van der Waals surface area contributed by atoms with E-state index in [1.54, 1.807) is 0 Å². The molecule has 1 unspecified atom stereocenters. The number of hydrogen-bond donors (Lipinski definition) is 1. The van der Waals surface area contributed by atoms with E-state index in [0.717, 1.165) is 25.5 Å². The van der Waals surface area contributed by atoms with Crippen molar-refractivity contribution in [2.45, 2.75) is 26.2 Å². The number of hydrogen-bond acceptors (Lipinski definition) is 1. The first kappa shape index (κ1) is 9.90. The first-order valence-electron chi connectivity index (χ1n) is 3.78. The smallest absolute Gasteiger partial charge is 0.219 e. The van der Waals surface area contributed by atoms with Gasteiger partial charge in [0.25, 0.3) is 0 Å². The van der Waals surface area contributed by atoms with E-state index < -0.39 is 0 Å². The van der Waals surface area contributed by atoms with Crippen LogP contribution in [0, 0.1) is 0 Å². The maximum atomic E-state index is 10.8. The van der Waals surface area contributed by atoms with Gasteiger partial charge < -0.3 is 5.32 Å². The van der Waals surface area contributed by atoms with Gasteiger partial charge in [-0.3, -0.25) is 4.79 Å². The minimum absolute atomic E-state index is 0.181. The normalized spacial score (nSPS) is 9.40. The van der Waals surface area contributed by atoms with Crippen molar-refractivity contribution in [3.63, 3.8) is 0 Å². The molecule has 10 heavy (non-hydrogen) atoms. The predicted octanol–water partition coefficient (Wildman–Crippen LogP) is 1.17. The zero-order valence-corrected chi connectivity index (χ0v) is 7.68. The number of nitrogens with one attached hydrogen (secondary N) is 1. The van der Waals surface area contributed by atoms with Crippen LogP contribution in [0.4, 0.5) is 0 Å². The van der Waals surface area contributed by atoms with E-state index in [1.165, 1.54) is 0 Å². The third kappa shape index (κ3) is 6.03. The average molecular weight is 161 g/mol. The topological polar surface area (TPSA) is 29.1 Å². The molecule has 0 aliphatic heterocycles. The first-order chi connectivity index (χ1) is 4.81. The van der Waals surface area contributed by atoms with Crippen LogP contribution in [0.1, 0.15) is 26.2 Å². The van der Waals surface area contributed by atoms with E-state index >= 15 is 0 Å². The van der Waals surface area contributed by atoms with Gasteiger partial charge in [-0.1, -0.05) is 6.92 Å². The number of amides is 1. The summed E-state index contributed by atoms with van der Waals surface area (Å²) < 4.78 is 0. The van der Waals surface area contributed by atoms with Gasteiger partial charge in [0.05, 0.1) is 0 Å². The first-order valence-corrected chi connectivity index (χ1v) is 4.59. The fourth-order valence-electron chi connectivity index (χ4n) is 0.645. The summed E-state index contributed by atoms with van der Waals surface area (Å²) in [7, 11) is 2.64. The maximum Gasteiger partial charge on any atom is 0.219 e. The fraction of sp³-hybridized carbons (Fsp3) is 0.857. The molecule has 0 fully saturated rings. The zero-order valence-electron chi connectivity index (χ0n) is 6.52. The highest BCUT2D eigenvalue weighted by Crippen LogP contribution is 1.88. The van der Waals surface area contributed by atoms with Gasteiger partial charge in [0, 0.05) is 13.0 Å². The third-order valence-electron chi connectivity index (χ3n) is 1.18. The summed E-state index contributed by atoms with van der Waals surface area (Å²) in [5, 5.41) is 2.83. The molecule has 1 N–H and O–H groups in total. The Kier molecular flexibility index (Phi) is 6.94. The van der Waals surface area contributed by atoms with Crippen molar-refractivity contribution in [1.82, 2.24) is 5.32 Å². The van der Waals surface area contributed by atoms with Crippen LogP contribution in [0.3, 0.4) is 0 Å². The molecule has 0 aromatic rings. The highest BCUT2D eigenvalue weighted by molar-refractivity contribution is 7.16. The Morgan fingerprint density at radius 3 is 2.80 bits per heavy atom. The highest BCUT2D eigenvalue weighted by atomic mass is 31.0. The molecule has 0 heterocycles. The summed E-state index contributed by atoms with van der Waals surface area (Å²) in [6.07, 6.45) is 3.72. The van der Waals surface area contributed by atoms with Crippen LogP contribution in [-0.4, -0.2) is 18.6 Å². The van der Waals surface area contributed by atoms with Gasteiger partial charge in [0.15, 0.2) is 0 Å². The number of rotatable bonds is 5. The minimum atomic E-state index is 0.181. The van der Waals surface area contributed by atoms with Crippen LogP contribution in [0.5, 0.6) is 0 Å². The van der Waals surface area contributed by atoms with E-state index in [2.05, 4.69) is 14.6 Å². The average Bonchev–Trinajstić information content (AvgIpc) is 1.89. The number of carbonyl (C=O) groups excluding carboxylic acids is 1. The van der Waals surface area contributed by atoms with Crippen LogP contribution >= 0.6 is 9.24 Å². The van der Waals surface area contributed by atoms with Crippen molar-refractivity contribution in [3.05, 3.63) is 0 Å². The lowest BCUT2D eigenvalue weighted by molar-refractivity contribution is -0.121. The molecule has 0 saturated heterocycles. The second-order valence-electron chi connectivity index (χ2n) is 2.24. The SMILES string of the molecule is CCCC(=O)NCCCP. The molecule has 3 heteroatoms. The van der Waals surface area contributed by atoms with Crippen molar-refractivity contribution in [1.29, 1.82) is 0 Å². The Hall–Kier alpha value is -0.100. The molecule has 0 aliphatic rings. The van der Waals surface area contributed by atoms with E-state index in [1.807, 2.05) is 6.92 Å². The van der Waals surface area contributed by atoms with Gasteiger partial charge in [0.2, 0.25) is 5.91 Å². The van der Waals surface area contributed by atoms with Crippen molar-refractivity contribution in [2.24, 2.45) is 0 Å². The van der Waals surface area contributed by atoms with Gasteiger partial charge in [-0.05, 0) is 19.0 Å². The summed E-state index contributed by atoms with van der Waals surface area (Å²) in [6.45, 7) is 2.83. The largest absolute Gasteiger partial charge is 0.356 e. The van der Waals surface area contributed by atoms with Gasteiger partial charge in [-0.25, -0.2) is 0 Å². The lowest BCUT2D eigenvalue weighted by Crippen LogP contribution is -2.23. The van der Waals surface area contributed by atoms with Gasteiger partial charge in [0.1, 0.15) is 0 Å². The Labute approximate surface area is 65.0 Å². The second-order valence-corrected chi connectivity index (χ2v) is 2.82. The van der Waals surface area contributed by atoms with Crippen LogP contribution in [0.25, 0.3) is 0 Å². The van der Waals surface area contributed by atoms with E-state index in [9.17, 15) is 4.79 Å². The molecule has 1 atom stereocenters. The summed E-state index contributed by atoms with van der Waals surface area (Å²) in [5.74, 6) is 0.181. The Balaban J connectivity index is 3.05. The molecule has 0 saturated carbocycles. The Bertz CT molecular complexity index is 95.6. The highest BCUT2D eigenvalue weighted by Gasteiger charge is 1.95. The quantitative estimate of drug-likeness (QED) is 0.476. The molecule has 0 aliphatic carbocycles. The van der Waals surface area contributed by atoms with Gasteiger partial charge >= 0.3 is 0 Å². The molecule has 1 amide bonds. The summed E-state index contributed by atoms with van der Waals surface area (Å²) in [6, 6.07) is 0. The van der Waals surface area contributed by atoms with Gasteiger partial charge in [-0.2, -0.15) is 0 Å². The third-order valence-corrected chi connectivity index (χ3v) is 1.59. The Morgan fingerprint density at radius 1 is 1.60 bits per heavy atom. The lowest BCUT2D eigenvalue weighted by atomic mass is 10.3. The molecule has 0 radical (unpaired) electrons. The maximum absolute atomic E-state index is 10.8. The predicted molar refractivity (Wildman–Crippen MR) is 47.1 cm³/mol. The summed E-state index contributed by atoms with van der Waals surface area (Å²) in [4.78, 5) is 10.8. The summed E-state index contributed by atoms with van der Waals surface area (Å²) in [5.41, 5.74) is 0. The van der Waals surface area contributed by atoms with E-state index in [-0.39, 0.29) is 5.91 Å². The van der Waals surface area contributed by atoms with Crippen LogP contribution in [0.15, 0.2) is 0 Å². The van der Waals surface area contributed by atoms with Crippen molar-refractivity contribution >= 4 is 15.1 Å². The molecule has 2 nitrogen and oxygen atoms in total. The van der Waals surface area contributed by atoms with E-state index in [4.69, 9.17) is 0 Å². The molecular formula is C7H16NOP. The molecule has 0 aromatic carbocycles. The van der Waals surface area contributed by atoms with Crippen LogP contribution < -0.4 is 5.32 Å². The van der Waals surface area contributed by atoms with Crippen LogP contribution in [0.2, 0.25) is 0 Å². The van der Waals surface area contributed by atoms with E-state index in [0.29, 0.717) is 6.42 Å². The molecule has 60 valence electrons. The molecular weight excluding hydrogens is 145 g/mol. The lowest BCUT2D eigenvalue weighted by Gasteiger charge is -2.00. The molecule has 0 aromatic heterocycles. The molecule has 0 bridgehead atoms. The molecule has 0 spiro atoms. The Morgan fingerprint density at radius 2 is 2.30 bits per heavy atom. The zero-order chi connectivity index (χ0) is 7.82. The standard InChI is InChI=1S/C7H16NOP/c1-2-4-7(9)8-5-3-6-10/h2-6,10H2,1H3,(H,8,9).